The monoisotopic (exact) mass is 563 g/mol. The van der Waals surface area contributed by atoms with Crippen LogP contribution in [0.25, 0.3) is 71.8 Å². The molecule has 0 saturated heterocycles. The summed E-state index contributed by atoms with van der Waals surface area (Å²) < 4.78 is 4.66. The number of para-hydroxylation sites is 3. The van der Waals surface area contributed by atoms with E-state index in [1.165, 1.54) is 32.6 Å². The summed E-state index contributed by atoms with van der Waals surface area (Å²) in [5.74, 6) is 0.856. The summed E-state index contributed by atoms with van der Waals surface area (Å²) in [6, 6.07) is 47.4. The molecular weight excluding hydrogens is 534 g/mol. The van der Waals surface area contributed by atoms with Crippen molar-refractivity contribution < 1.29 is 0 Å². The van der Waals surface area contributed by atoms with Gasteiger partial charge in [-0.05, 0) is 65.2 Å². The zero-order chi connectivity index (χ0) is 29.6. The molecule has 0 bridgehead atoms. The summed E-state index contributed by atoms with van der Waals surface area (Å²) >= 11 is 0. The number of hydrogen-bond donors (Lipinski definition) is 0. The fourth-order valence-corrected chi connectivity index (χ4v) is 6.51. The van der Waals surface area contributed by atoms with Crippen LogP contribution in [0, 0.1) is 0 Å². The Hall–Kier alpha value is -5.93. The highest BCUT2D eigenvalue weighted by Crippen LogP contribution is 2.37. The van der Waals surface area contributed by atoms with Crippen molar-refractivity contribution in [1.29, 1.82) is 0 Å². The van der Waals surface area contributed by atoms with Gasteiger partial charge in [0.2, 0.25) is 0 Å². The molecule has 0 unspecified atom stereocenters. The molecule has 3 aromatic heterocycles. The number of nitrogens with zero attached hydrogens (tertiary/aromatic N) is 3. The minimum atomic E-state index is 0.851. The third-order valence-electron chi connectivity index (χ3n) is 8.46. The van der Waals surface area contributed by atoms with Crippen molar-refractivity contribution in [1.82, 2.24) is 14.1 Å². The van der Waals surface area contributed by atoms with Crippen molar-refractivity contribution in [3.05, 3.63) is 171 Å². The van der Waals surface area contributed by atoms with Crippen LogP contribution in [0.15, 0.2) is 165 Å². The molecule has 0 saturated carbocycles. The van der Waals surface area contributed by atoms with Crippen LogP contribution in [0.2, 0.25) is 0 Å². The molecule has 0 spiro atoms. The van der Waals surface area contributed by atoms with Crippen LogP contribution in [-0.2, 0) is 0 Å². The zero-order valence-electron chi connectivity index (χ0n) is 24.2. The zero-order valence-corrected chi connectivity index (χ0v) is 24.2. The lowest BCUT2D eigenvalue weighted by Crippen LogP contribution is -2.01. The highest BCUT2D eigenvalue weighted by Gasteiger charge is 2.18. The molecule has 208 valence electrons. The van der Waals surface area contributed by atoms with Gasteiger partial charge in [-0.1, -0.05) is 116 Å². The highest BCUT2D eigenvalue weighted by molar-refractivity contribution is 6.12. The summed E-state index contributed by atoms with van der Waals surface area (Å²) in [5, 5.41) is 4.87. The van der Waals surface area contributed by atoms with Gasteiger partial charge in [0, 0.05) is 27.2 Å². The molecule has 0 radical (unpaired) electrons. The molecule has 0 amide bonds. The molecule has 0 N–H and O–H groups in total. The van der Waals surface area contributed by atoms with Gasteiger partial charge in [-0.2, -0.15) is 0 Å². The predicted octanol–water partition coefficient (Wildman–Crippen LogP) is 10.7. The maximum Gasteiger partial charge on any atom is 0.138 e. The molecule has 8 aromatic rings. The molecule has 0 aliphatic carbocycles. The summed E-state index contributed by atoms with van der Waals surface area (Å²) in [6.07, 6.45) is 5.58. The van der Waals surface area contributed by atoms with Gasteiger partial charge in [0.1, 0.15) is 5.82 Å². The van der Waals surface area contributed by atoms with E-state index in [2.05, 4.69) is 150 Å². The second kappa shape index (κ2) is 10.4. The standard InChI is InChI=1S/C41H29N3/c1-3-14-28(4-2)36-25-30(29-15-6-5-7-16-29)26-41(42-36)44-39-22-13-10-19-34(39)35-27-31(23-24-40(35)44)43-37-20-11-8-17-32(37)33-18-9-12-21-38(33)43/h3-27H,1-2H2/b28-14+. The summed E-state index contributed by atoms with van der Waals surface area (Å²) in [4.78, 5) is 5.22. The van der Waals surface area contributed by atoms with Gasteiger partial charge in [-0.25, -0.2) is 4.98 Å². The molecular formula is C41H29N3. The number of allylic oxidation sites excluding steroid dienone is 4. The lowest BCUT2D eigenvalue weighted by atomic mass is 10.0. The number of fused-ring (bicyclic) bond motifs is 6. The Morgan fingerprint density at radius 2 is 1.09 bits per heavy atom. The molecule has 44 heavy (non-hydrogen) atoms. The Kier molecular flexibility index (Phi) is 6.09. The van der Waals surface area contributed by atoms with E-state index in [-0.39, 0.29) is 0 Å². The van der Waals surface area contributed by atoms with E-state index >= 15 is 0 Å². The summed E-state index contributed by atoms with van der Waals surface area (Å²) in [7, 11) is 0. The van der Waals surface area contributed by atoms with Gasteiger partial charge in [0.05, 0.1) is 27.8 Å². The Morgan fingerprint density at radius 1 is 0.523 bits per heavy atom. The third-order valence-corrected chi connectivity index (χ3v) is 8.46. The smallest absolute Gasteiger partial charge is 0.138 e. The number of rotatable bonds is 6. The molecule has 0 atom stereocenters. The van der Waals surface area contributed by atoms with Crippen molar-refractivity contribution in [2.24, 2.45) is 0 Å². The van der Waals surface area contributed by atoms with Crippen LogP contribution in [0.3, 0.4) is 0 Å². The van der Waals surface area contributed by atoms with Gasteiger partial charge in [0.25, 0.3) is 0 Å². The SMILES string of the molecule is C=C/C=C(\C=C)c1cc(-c2ccccc2)cc(-n2c3ccccc3c3cc(-n4c5ccccc5c5ccccc54)ccc32)n1. The second-order valence-electron chi connectivity index (χ2n) is 11.0. The molecule has 3 heterocycles. The van der Waals surface area contributed by atoms with E-state index in [0.717, 1.165) is 44.9 Å². The first-order valence-corrected chi connectivity index (χ1v) is 14.8. The molecule has 8 rings (SSSR count). The first-order chi connectivity index (χ1) is 21.7. The lowest BCUT2D eigenvalue weighted by Gasteiger charge is -2.13. The van der Waals surface area contributed by atoms with Crippen LogP contribution in [-0.4, -0.2) is 14.1 Å². The lowest BCUT2D eigenvalue weighted by molar-refractivity contribution is 1.07. The van der Waals surface area contributed by atoms with E-state index < -0.39 is 0 Å². The fraction of sp³-hybridized carbons (Fsp3) is 0. The van der Waals surface area contributed by atoms with E-state index in [9.17, 15) is 0 Å². The van der Waals surface area contributed by atoms with Crippen LogP contribution in [0.1, 0.15) is 5.69 Å². The average molecular weight is 564 g/mol. The van der Waals surface area contributed by atoms with Crippen molar-refractivity contribution in [2.75, 3.05) is 0 Å². The van der Waals surface area contributed by atoms with Gasteiger partial charge in [-0.3, -0.25) is 4.57 Å². The minimum Gasteiger partial charge on any atom is -0.309 e. The Labute approximate surface area is 256 Å². The fourth-order valence-electron chi connectivity index (χ4n) is 6.51. The van der Waals surface area contributed by atoms with Crippen LogP contribution >= 0.6 is 0 Å². The summed E-state index contributed by atoms with van der Waals surface area (Å²) in [6.45, 7) is 7.98. The van der Waals surface area contributed by atoms with Crippen LogP contribution in [0.4, 0.5) is 0 Å². The predicted molar refractivity (Wildman–Crippen MR) is 187 cm³/mol. The first-order valence-electron chi connectivity index (χ1n) is 14.8. The number of aromatic nitrogens is 3. The van der Waals surface area contributed by atoms with Crippen molar-refractivity contribution in [3.8, 4) is 22.6 Å². The normalized spacial score (nSPS) is 12.0. The highest BCUT2D eigenvalue weighted by atomic mass is 15.1. The topological polar surface area (TPSA) is 22.8 Å². The summed E-state index contributed by atoms with van der Waals surface area (Å²) in [5.41, 5.74) is 9.74. The van der Waals surface area contributed by atoms with Gasteiger partial charge < -0.3 is 4.57 Å². The molecule has 5 aromatic carbocycles. The van der Waals surface area contributed by atoms with Gasteiger partial charge in [0.15, 0.2) is 0 Å². The largest absolute Gasteiger partial charge is 0.309 e. The minimum absolute atomic E-state index is 0.851. The number of pyridine rings is 1. The maximum absolute atomic E-state index is 5.22. The van der Waals surface area contributed by atoms with Crippen LogP contribution in [0.5, 0.6) is 0 Å². The molecule has 3 nitrogen and oxygen atoms in total. The Morgan fingerprint density at radius 3 is 1.73 bits per heavy atom. The molecule has 0 fully saturated rings. The second-order valence-corrected chi connectivity index (χ2v) is 11.0. The van der Waals surface area contributed by atoms with Gasteiger partial charge in [-0.15, -0.1) is 0 Å². The average Bonchev–Trinajstić information content (AvgIpc) is 3.60. The van der Waals surface area contributed by atoms with Gasteiger partial charge >= 0.3 is 0 Å². The van der Waals surface area contributed by atoms with Crippen molar-refractivity contribution in [2.45, 2.75) is 0 Å². The third kappa shape index (κ3) is 4.02. The number of hydrogen-bond acceptors (Lipinski definition) is 1. The molecule has 3 heteroatoms. The van der Waals surface area contributed by atoms with E-state index in [4.69, 9.17) is 4.98 Å². The van der Waals surface area contributed by atoms with Crippen molar-refractivity contribution in [3.63, 3.8) is 0 Å². The Bertz CT molecular complexity index is 2370. The van der Waals surface area contributed by atoms with E-state index in [1.807, 2.05) is 18.2 Å². The number of benzene rings is 5. The Balaban J connectivity index is 1.42. The molecule has 0 aliphatic rings. The van der Waals surface area contributed by atoms with Crippen LogP contribution < -0.4 is 0 Å². The van der Waals surface area contributed by atoms with E-state index in [0.29, 0.717) is 0 Å². The molecule has 0 aliphatic heterocycles. The first kappa shape index (κ1) is 25.8. The quantitative estimate of drug-likeness (QED) is 0.185. The van der Waals surface area contributed by atoms with E-state index in [1.54, 1.807) is 6.08 Å². The van der Waals surface area contributed by atoms with Crippen molar-refractivity contribution >= 4 is 49.2 Å². The maximum atomic E-state index is 5.22.